The van der Waals surface area contributed by atoms with Crippen LogP contribution in [0, 0.1) is 0 Å². The lowest BCUT2D eigenvalue weighted by molar-refractivity contribution is -0.0588. The molecule has 1 amide bonds. The number of likely N-dealkylation sites (tertiary alicyclic amines) is 1. The van der Waals surface area contributed by atoms with Crippen LogP contribution in [0.3, 0.4) is 0 Å². The number of phenols is 1. The third kappa shape index (κ3) is 5.90. The summed E-state index contributed by atoms with van der Waals surface area (Å²) in [6.45, 7) is 8.31. The van der Waals surface area contributed by atoms with Gasteiger partial charge in [-0.25, -0.2) is 4.79 Å². The Morgan fingerprint density at radius 2 is 1.84 bits per heavy atom. The van der Waals surface area contributed by atoms with E-state index in [9.17, 15) is 9.90 Å². The molecule has 2 rings (SSSR count). The molecular weight excluding hydrogens is 320 g/mol. The van der Waals surface area contributed by atoms with Gasteiger partial charge in [0.2, 0.25) is 0 Å². The van der Waals surface area contributed by atoms with Crippen LogP contribution in [0.25, 0.3) is 0 Å². The highest BCUT2D eigenvalue weighted by Gasteiger charge is 2.36. The van der Waals surface area contributed by atoms with Gasteiger partial charge in [-0.15, -0.1) is 0 Å². The van der Waals surface area contributed by atoms with Crippen molar-refractivity contribution < 1.29 is 19.4 Å². The Labute approximate surface area is 150 Å². The number of nitrogens with one attached hydrogen (secondary N) is 1. The van der Waals surface area contributed by atoms with Crippen molar-refractivity contribution >= 4 is 6.09 Å². The predicted octanol–water partition coefficient (Wildman–Crippen LogP) is 2.90. The maximum Gasteiger partial charge on any atom is 0.410 e. The number of nitrogens with zero attached hydrogens (tertiary/aromatic N) is 1. The normalized spacial score (nSPS) is 17.4. The average Bonchev–Trinajstić information content (AvgIpc) is 2.55. The van der Waals surface area contributed by atoms with Crippen molar-refractivity contribution in [3.05, 3.63) is 29.8 Å². The molecule has 2 N–H and O–H groups in total. The lowest BCUT2D eigenvalue weighted by Crippen LogP contribution is -2.53. The van der Waals surface area contributed by atoms with Crippen LogP contribution in [0.15, 0.2) is 24.3 Å². The largest absolute Gasteiger partial charge is 0.508 e. The molecule has 1 aliphatic heterocycles. The second-order valence-electron chi connectivity index (χ2n) is 7.62. The zero-order chi connectivity index (χ0) is 18.5. The van der Waals surface area contributed by atoms with E-state index in [2.05, 4.69) is 5.32 Å². The van der Waals surface area contributed by atoms with Gasteiger partial charge in [-0.3, -0.25) is 0 Å². The Hall–Kier alpha value is -1.79. The number of carbonyl (C=O) groups is 1. The molecule has 0 spiro atoms. The maximum atomic E-state index is 12.2. The van der Waals surface area contributed by atoms with E-state index >= 15 is 0 Å². The summed E-state index contributed by atoms with van der Waals surface area (Å²) in [6.07, 6.45) is 1.28. The standard InChI is InChI=1S/C19H30N2O4/c1-18(2,3)25-17(23)21-11-9-19(24-4,10-12-21)14-20-13-15-5-7-16(22)8-6-15/h5-8,20,22H,9-14H2,1-4H3. The summed E-state index contributed by atoms with van der Waals surface area (Å²) in [7, 11) is 1.73. The average molecular weight is 350 g/mol. The first-order valence-electron chi connectivity index (χ1n) is 8.75. The molecule has 1 aliphatic rings. The van der Waals surface area contributed by atoms with Crippen LogP contribution in [-0.2, 0) is 16.0 Å². The molecule has 1 saturated heterocycles. The lowest BCUT2D eigenvalue weighted by atomic mass is 9.91. The van der Waals surface area contributed by atoms with Crippen molar-refractivity contribution in [3.63, 3.8) is 0 Å². The summed E-state index contributed by atoms with van der Waals surface area (Å²) in [5.74, 6) is 0.270. The molecule has 6 heteroatoms. The number of ether oxygens (including phenoxy) is 2. The summed E-state index contributed by atoms with van der Waals surface area (Å²) in [5.41, 5.74) is 0.365. The summed E-state index contributed by atoms with van der Waals surface area (Å²) in [4.78, 5) is 13.9. The van der Waals surface area contributed by atoms with Gasteiger partial charge in [-0.1, -0.05) is 12.1 Å². The van der Waals surface area contributed by atoms with Crippen molar-refractivity contribution in [2.24, 2.45) is 0 Å². The van der Waals surface area contributed by atoms with Gasteiger partial charge in [-0.05, 0) is 51.3 Å². The topological polar surface area (TPSA) is 71.0 Å². The van der Waals surface area contributed by atoms with Gasteiger partial charge < -0.3 is 24.8 Å². The summed E-state index contributed by atoms with van der Waals surface area (Å²) in [5, 5.41) is 12.7. The van der Waals surface area contributed by atoms with Crippen molar-refractivity contribution in [3.8, 4) is 5.75 Å². The fourth-order valence-electron chi connectivity index (χ4n) is 2.92. The first kappa shape index (κ1) is 19.5. The summed E-state index contributed by atoms with van der Waals surface area (Å²) >= 11 is 0. The van der Waals surface area contributed by atoms with Gasteiger partial charge in [0.1, 0.15) is 11.4 Å². The number of phenolic OH excluding ortho intramolecular Hbond substituents is 1. The number of amides is 1. The molecule has 25 heavy (non-hydrogen) atoms. The first-order chi connectivity index (χ1) is 11.7. The molecule has 0 aromatic heterocycles. The van der Waals surface area contributed by atoms with E-state index in [-0.39, 0.29) is 17.4 Å². The SMILES string of the molecule is COC1(CNCc2ccc(O)cc2)CCN(C(=O)OC(C)(C)C)CC1. The van der Waals surface area contributed by atoms with E-state index < -0.39 is 5.60 Å². The number of carbonyl (C=O) groups excluding carboxylic acids is 1. The van der Waals surface area contributed by atoms with Gasteiger partial charge >= 0.3 is 6.09 Å². The van der Waals surface area contributed by atoms with Crippen LogP contribution in [-0.4, -0.2) is 54.0 Å². The Bertz CT molecular complexity index is 558. The minimum atomic E-state index is -0.474. The number of piperidine rings is 1. The molecule has 1 fully saturated rings. The smallest absolute Gasteiger partial charge is 0.410 e. The molecule has 0 unspecified atom stereocenters. The van der Waals surface area contributed by atoms with E-state index in [1.807, 2.05) is 32.9 Å². The molecule has 0 radical (unpaired) electrons. The monoisotopic (exact) mass is 350 g/mol. The summed E-state index contributed by atoms with van der Waals surface area (Å²) in [6, 6.07) is 7.16. The van der Waals surface area contributed by atoms with Crippen LogP contribution >= 0.6 is 0 Å². The Kier molecular flexibility index (Phi) is 6.30. The van der Waals surface area contributed by atoms with Crippen molar-refractivity contribution in [2.45, 2.75) is 51.4 Å². The van der Waals surface area contributed by atoms with E-state index in [1.165, 1.54) is 0 Å². The number of methoxy groups -OCH3 is 1. The van der Waals surface area contributed by atoms with Crippen LogP contribution < -0.4 is 5.32 Å². The second-order valence-corrected chi connectivity index (χ2v) is 7.62. The van der Waals surface area contributed by atoms with Gasteiger partial charge in [0.25, 0.3) is 0 Å². The van der Waals surface area contributed by atoms with E-state index in [1.54, 1.807) is 24.1 Å². The maximum absolute atomic E-state index is 12.2. The molecule has 6 nitrogen and oxygen atoms in total. The molecule has 1 heterocycles. The van der Waals surface area contributed by atoms with Gasteiger partial charge in [-0.2, -0.15) is 0 Å². The Balaban J connectivity index is 1.82. The number of rotatable bonds is 5. The fraction of sp³-hybridized carbons (Fsp3) is 0.632. The highest BCUT2D eigenvalue weighted by atomic mass is 16.6. The molecule has 0 aliphatic carbocycles. The van der Waals surface area contributed by atoms with E-state index in [4.69, 9.17) is 9.47 Å². The minimum absolute atomic E-state index is 0.255. The van der Waals surface area contributed by atoms with Crippen LogP contribution in [0.5, 0.6) is 5.75 Å². The molecular formula is C19H30N2O4. The molecule has 0 atom stereocenters. The third-order valence-corrected chi connectivity index (χ3v) is 4.47. The van der Waals surface area contributed by atoms with Crippen LogP contribution in [0.2, 0.25) is 0 Å². The third-order valence-electron chi connectivity index (χ3n) is 4.47. The van der Waals surface area contributed by atoms with E-state index in [0.29, 0.717) is 26.2 Å². The Morgan fingerprint density at radius 3 is 2.36 bits per heavy atom. The highest BCUT2D eigenvalue weighted by Crippen LogP contribution is 2.26. The minimum Gasteiger partial charge on any atom is -0.508 e. The number of hydrogen-bond acceptors (Lipinski definition) is 5. The molecule has 0 saturated carbocycles. The number of benzene rings is 1. The molecule has 0 bridgehead atoms. The predicted molar refractivity (Wildman–Crippen MR) is 96.6 cm³/mol. The first-order valence-corrected chi connectivity index (χ1v) is 8.75. The van der Waals surface area contributed by atoms with Crippen LogP contribution in [0.4, 0.5) is 4.79 Å². The van der Waals surface area contributed by atoms with Crippen molar-refractivity contribution in [1.29, 1.82) is 0 Å². The zero-order valence-corrected chi connectivity index (χ0v) is 15.7. The van der Waals surface area contributed by atoms with Gasteiger partial charge in [0.15, 0.2) is 0 Å². The zero-order valence-electron chi connectivity index (χ0n) is 15.7. The fourth-order valence-corrected chi connectivity index (χ4v) is 2.92. The highest BCUT2D eigenvalue weighted by molar-refractivity contribution is 5.68. The van der Waals surface area contributed by atoms with E-state index in [0.717, 1.165) is 18.4 Å². The second kappa shape index (κ2) is 8.06. The van der Waals surface area contributed by atoms with Crippen LogP contribution in [0.1, 0.15) is 39.2 Å². The molecule has 1 aromatic rings. The van der Waals surface area contributed by atoms with Gasteiger partial charge in [0, 0.05) is 33.3 Å². The molecule has 140 valence electrons. The number of aromatic hydroxyl groups is 1. The van der Waals surface area contributed by atoms with Crippen molar-refractivity contribution in [2.75, 3.05) is 26.7 Å². The molecule has 1 aromatic carbocycles. The lowest BCUT2D eigenvalue weighted by Gasteiger charge is -2.41. The van der Waals surface area contributed by atoms with Gasteiger partial charge in [0.05, 0.1) is 5.60 Å². The van der Waals surface area contributed by atoms with Crippen molar-refractivity contribution in [1.82, 2.24) is 10.2 Å². The summed E-state index contributed by atoms with van der Waals surface area (Å²) < 4.78 is 11.2. The number of hydrogen-bond donors (Lipinski definition) is 2. The quantitative estimate of drug-likeness (QED) is 0.854. The Morgan fingerprint density at radius 1 is 1.24 bits per heavy atom.